The molecule has 1 aromatic carbocycles. The van der Waals surface area contributed by atoms with Crippen LogP contribution in [-0.2, 0) is 0 Å². The van der Waals surface area contributed by atoms with Crippen molar-refractivity contribution in [3.05, 3.63) is 41.7 Å². The monoisotopic (exact) mass is 283 g/mol. The normalized spacial score (nSPS) is 15.9. The Morgan fingerprint density at radius 3 is 2.44 bits per heavy atom. The van der Waals surface area contributed by atoms with Gasteiger partial charge in [0.25, 0.3) is 0 Å². The number of hydrogen-bond acceptors (Lipinski definition) is 1. The van der Waals surface area contributed by atoms with Gasteiger partial charge in [0.1, 0.15) is 0 Å². The number of hydrogen-bond donors (Lipinski definition) is 0. The summed E-state index contributed by atoms with van der Waals surface area (Å²) in [5, 5.41) is 0. The van der Waals surface area contributed by atoms with E-state index < -0.39 is 0 Å². The van der Waals surface area contributed by atoms with Crippen LogP contribution in [0.25, 0.3) is 6.08 Å². The Morgan fingerprint density at radius 2 is 1.81 bits per heavy atom. The summed E-state index contributed by atoms with van der Waals surface area (Å²) in [5.74, 6) is -0.191. The molecule has 2 rings (SSSR count). The van der Waals surface area contributed by atoms with Crippen LogP contribution in [-0.4, -0.2) is 38.1 Å². The molecular weight excluding hydrogens is 268 g/mol. The molecule has 0 spiro atoms. The van der Waals surface area contributed by atoms with Crippen LogP contribution in [0, 0.1) is 5.82 Å². The number of rotatable bonds is 3. The first-order chi connectivity index (χ1) is 7.75. The van der Waals surface area contributed by atoms with Crippen molar-refractivity contribution >= 4 is 26.2 Å². The molecule has 0 amide bonds. The van der Waals surface area contributed by atoms with Gasteiger partial charge in [0.2, 0.25) is 0 Å². The molecule has 1 heterocycles. The fourth-order valence-electron chi connectivity index (χ4n) is 1.78. The number of benzene rings is 1. The van der Waals surface area contributed by atoms with E-state index in [1.54, 1.807) is 12.1 Å². The fraction of sp³-hybridized carbons (Fsp3) is 0.308. The van der Waals surface area contributed by atoms with Crippen molar-refractivity contribution in [3.8, 4) is 0 Å². The van der Waals surface area contributed by atoms with E-state index in [4.69, 9.17) is 0 Å². The second-order valence-electron chi connectivity index (χ2n) is 3.92. The zero-order chi connectivity index (χ0) is 11.4. The van der Waals surface area contributed by atoms with Crippen LogP contribution in [0.2, 0.25) is 0 Å². The summed E-state index contributed by atoms with van der Waals surface area (Å²) in [4.78, 5) is 2.33. The molecule has 0 unspecified atom stereocenters. The summed E-state index contributed by atoms with van der Waals surface area (Å²) >= 11 is 3.08. The Kier molecular flexibility index (Phi) is 3.92. The first-order valence-corrected chi connectivity index (χ1v) is 6.34. The summed E-state index contributed by atoms with van der Waals surface area (Å²) in [6.07, 6.45) is 6.60. The molecule has 1 aliphatic rings. The topological polar surface area (TPSA) is 3.24 Å². The standard InChI is InChI=1S/C13H14FNSe/c14-12-6-3-11(4-7-12)5-8-13(16)15-9-1-2-10-15/h3-8H,1-2,9-10H2/b8-5+. The second kappa shape index (κ2) is 5.42. The van der Waals surface area contributed by atoms with Gasteiger partial charge in [-0.3, -0.25) is 0 Å². The predicted octanol–water partition coefficient (Wildman–Crippen LogP) is 2.23. The molecule has 0 aromatic heterocycles. The molecule has 0 atom stereocenters. The van der Waals surface area contributed by atoms with E-state index in [0.29, 0.717) is 0 Å². The summed E-state index contributed by atoms with van der Waals surface area (Å²) in [7, 11) is 0. The summed E-state index contributed by atoms with van der Waals surface area (Å²) in [6.45, 7) is 2.27. The van der Waals surface area contributed by atoms with Crippen LogP contribution >= 0.6 is 0 Å². The minimum absolute atomic E-state index is 0.191. The van der Waals surface area contributed by atoms with E-state index in [0.717, 1.165) is 18.7 Å². The van der Waals surface area contributed by atoms with Crippen LogP contribution < -0.4 is 0 Å². The van der Waals surface area contributed by atoms with Crippen LogP contribution in [0.4, 0.5) is 4.39 Å². The van der Waals surface area contributed by atoms with Crippen molar-refractivity contribution in [2.45, 2.75) is 12.8 Å². The van der Waals surface area contributed by atoms with Crippen molar-refractivity contribution in [3.63, 3.8) is 0 Å². The molecule has 1 fully saturated rings. The van der Waals surface area contributed by atoms with Gasteiger partial charge in [-0.1, -0.05) is 0 Å². The van der Waals surface area contributed by atoms with Gasteiger partial charge in [-0.15, -0.1) is 0 Å². The number of nitrogens with zero attached hydrogens (tertiary/aromatic N) is 1. The van der Waals surface area contributed by atoms with Gasteiger partial charge in [0.05, 0.1) is 0 Å². The Labute approximate surface area is 103 Å². The van der Waals surface area contributed by atoms with Crippen LogP contribution in [0.15, 0.2) is 30.3 Å². The summed E-state index contributed by atoms with van der Waals surface area (Å²) < 4.78 is 13.9. The molecule has 0 aliphatic carbocycles. The van der Waals surface area contributed by atoms with Crippen LogP contribution in [0.3, 0.4) is 0 Å². The average molecular weight is 282 g/mol. The van der Waals surface area contributed by atoms with E-state index in [-0.39, 0.29) is 5.82 Å². The van der Waals surface area contributed by atoms with Crippen molar-refractivity contribution in [1.29, 1.82) is 0 Å². The Bertz CT molecular complexity index is 391. The zero-order valence-corrected chi connectivity index (χ0v) is 10.7. The Balaban J connectivity index is 1.97. The fourth-order valence-corrected chi connectivity index (χ4v) is 2.31. The summed E-state index contributed by atoms with van der Waals surface area (Å²) in [6, 6.07) is 6.52. The quantitative estimate of drug-likeness (QED) is 0.769. The van der Waals surface area contributed by atoms with Crippen LogP contribution in [0.5, 0.6) is 0 Å². The van der Waals surface area contributed by atoms with Crippen molar-refractivity contribution in [1.82, 2.24) is 4.90 Å². The molecule has 16 heavy (non-hydrogen) atoms. The van der Waals surface area contributed by atoms with Gasteiger partial charge >= 0.3 is 103 Å². The van der Waals surface area contributed by atoms with Gasteiger partial charge in [-0.05, 0) is 0 Å². The predicted molar refractivity (Wildman–Crippen MR) is 67.0 cm³/mol. The molecule has 0 radical (unpaired) electrons. The van der Waals surface area contributed by atoms with Gasteiger partial charge in [0.15, 0.2) is 0 Å². The van der Waals surface area contributed by atoms with E-state index in [9.17, 15) is 4.39 Å². The number of likely N-dealkylation sites (tertiary alicyclic amines) is 1. The van der Waals surface area contributed by atoms with E-state index in [2.05, 4.69) is 26.6 Å². The third-order valence-electron chi connectivity index (χ3n) is 2.71. The second-order valence-corrected chi connectivity index (χ2v) is 4.79. The average Bonchev–Trinajstić information content (AvgIpc) is 2.81. The molecule has 0 bridgehead atoms. The maximum atomic E-state index is 12.7. The Hall–Kier alpha value is -0.921. The van der Waals surface area contributed by atoms with Gasteiger partial charge < -0.3 is 0 Å². The molecule has 1 saturated heterocycles. The molecule has 1 nitrogen and oxygen atoms in total. The van der Waals surface area contributed by atoms with E-state index in [1.807, 2.05) is 6.08 Å². The molecule has 0 saturated carbocycles. The Morgan fingerprint density at radius 1 is 1.19 bits per heavy atom. The SMILES string of the molecule is Fc1ccc(/C=C/C(=[Se])N2CCCC2)cc1. The van der Waals surface area contributed by atoms with E-state index >= 15 is 0 Å². The third-order valence-corrected chi connectivity index (χ3v) is 3.53. The van der Waals surface area contributed by atoms with Crippen LogP contribution in [0.1, 0.15) is 18.4 Å². The molecule has 0 N–H and O–H groups in total. The van der Waals surface area contributed by atoms with Gasteiger partial charge in [-0.25, -0.2) is 0 Å². The first-order valence-electron chi connectivity index (χ1n) is 5.48. The minimum atomic E-state index is -0.191. The molecule has 3 heteroatoms. The molecule has 1 aliphatic heterocycles. The van der Waals surface area contributed by atoms with Gasteiger partial charge in [0, 0.05) is 0 Å². The summed E-state index contributed by atoms with van der Waals surface area (Å²) in [5.41, 5.74) is 1.02. The maximum absolute atomic E-state index is 12.7. The first kappa shape index (κ1) is 11.6. The van der Waals surface area contributed by atoms with E-state index in [1.165, 1.54) is 29.5 Å². The molecule has 1 aromatic rings. The molecular formula is C13H14FNSe. The van der Waals surface area contributed by atoms with Crippen molar-refractivity contribution in [2.24, 2.45) is 0 Å². The van der Waals surface area contributed by atoms with Crippen molar-refractivity contribution in [2.75, 3.05) is 13.1 Å². The zero-order valence-electron chi connectivity index (χ0n) is 9.03. The molecule has 84 valence electrons. The van der Waals surface area contributed by atoms with Gasteiger partial charge in [-0.2, -0.15) is 0 Å². The number of halogens is 1. The third kappa shape index (κ3) is 3.03. The van der Waals surface area contributed by atoms with Crippen molar-refractivity contribution < 1.29 is 4.39 Å².